The van der Waals surface area contributed by atoms with Crippen LogP contribution in [0.4, 0.5) is 11.5 Å². The maximum absolute atomic E-state index is 11.4. The van der Waals surface area contributed by atoms with E-state index >= 15 is 0 Å². The van der Waals surface area contributed by atoms with Gasteiger partial charge in [0.2, 0.25) is 11.7 Å². The summed E-state index contributed by atoms with van der Waals surface area (Å²) < 4.78 is 5.81. The SMILES string of the molecule is CC(O)N1CCN(c2nc3c(cc2[N+](=O)[O-])CC(C)(C)O3)CC1. The molecule has 2 aliphatic heterocycles. The molecule has 0 radical (unpaired) electrons. The number of aliphatic hydroxyl groups excluding tert-OH is 1. The number of nitro groups is 1. The van der Waals surface area contributed by atoms with Gasteiger partial charge in [-0.15, -0.1) is 0 Å². The van der Waals surface area contributed by atoms with Gasteiger partial charge >= 0.3 is 5.69 Å². The summed E-state index contributed by atoms with van der Waals surface area (Å²) >= 11 is 0. The number of ether oxygens (including phenoxy) is 1. The van der Waals surface area contributed by atoms with Crippen molar-refractivity contribution in [3.8, 4) is 5.88 Å². The van der Waals surface area contributed by atoms with Crippen molar-refractivity contribution in [2.75, 3.05) is 31.1 Å². The summed E-state index contributed by atoms with van der Waals surface area (Å²) in [6, 6.07) is 1.59. The highest BCUT2D eigenvalue weighted by Crippen LogP contribution is 2.39. The van der Waals surface area contributed by atoms with Crippen molar-refractivity contribution in [1.29, 1.82) is 0 Å². The van der Waals surface area contributed by atoms with Gasteiger partial charge in [0.1, 0.15) is 11.8 Å². The van der Waals surface area contributed by atoms with Crippen LogP contribution in [0.5, 0.6) is 5.88 Å². The third kappa shape index (κ3) is 3.09. The topological polar surface area (TPSA) is 92.0 Å². The fraction of sp³-hybridized carbons (Fsp3) is 0.667. The van der Waals surface area contributed by atoms with Crippen molar-refractivity contribution in [2.45, 2.75) is 39.0 Å². The first-order valence-electron chi connectivity index (χ1n) is 7.81. The number of hydrogen-bond acceptors (Lipinski definition) is 7. The first-order chi connectivity index (χ1) is 10.8. The Kier molecular flexibility index (Phi) is 3.89. The molecule has 8 nitrogen and oxygen atoms in total. The number of pyridine rings is 1. The number of anilines is 1. The normalized spacial score (nSPS) is 21.7. The van der Waals surface area contributed by atoms with Crippen LogP contribution in [0.25, 0.3) is 0 Å². The molecule has 8 heteroatoms. The van der Waals surface area contributed by atoms with Crippen molar-refractivity contribution in [1.82, 2.24) is 9.88 Å². The molecule has 0 amide bonds. The molecule has 1 unspecified atom stereocenters. The van der Waals surface area contributed by atoms with Crippen LogP contribution in [0, 0.1) is 10.1 Å². The van der Waals surface area contributed by atoms with Crippen LogP contribution < -0.4 is 9.64 Å². The Hall–Kier alpha value is -1.93. The van der Waals surface area contributed by atoms with Crippen molar-refractivity contribution in [2.24, 2.45) is 0 Å². The van der Waals surface area contributed by atoms with Crippen molar-refractivity contribution >= 4 is 11.5 Å². The molecule has 1 saturated heterocycles. The fourth-order valence-corrected chi connectivity index (χ4v) is 3.16. The standard InChI is InChI=1S/C15H22N4O4/c1-10(20)17-4-6-18(7-5-17)13-12(19(21)22)8-11-9-15(2,3)23-14(11)16-13/h8,10,20H,4-7,9H2,1-3H3. The molecule has 126 valence electrons. The number of aliphatic hydroxyl groups is 1. The van der Waals surface area contributed by atoms with E-state index in [0.717, 1.165) is 5.56 Å². The van der Waals surface area contributed by atoms with Crippen molar-refractivity contribution in [3.63, 3.8) is 0 Å². The second-order valence-electron chi connectivity index (χ2n) is 6.75. The predicted octanol–water partition coefficient (Wildman–Crippen LogP) is 1.16. The number of aromatic nitrogens is 1. The minimum atomic E-state index is -0.510. The zero-order valence-electron chi connectivity index (χ0n) is 13.7. The highest BCUT2D eigenvalue weighted by molar-refractivity contribution is 5.62. The van der Waals surface area contributed by atoms with Crippen LogP contribution >= 0.6 is 0 Å². The molecule has 0 aromatic carbocycles. The van der Waals surface area contributed by atoms with Crippen molar-refractivity contribution in [3.05, 3.63) is 21.7 Å². The summed E-state index contributed by atoms with van der Waals surface area (Å²) in [5.74, 6) is 0.852. The molecule has 1 aromatic rings. The molecule has 0 bridgehead atoms. The molecule has 23 heavy (non-hydrogen) atoms. The maximum Gasteiger partial charge on any atom is 0.312 e. The van der Waals surface area contributed by atoms with E-state index in [1.165, 1.54) is 0 Å². The molecule has 1 aromatic heterocycles. The first-order valence-corrected chi connectivity index (χ1v) is 7.81. The average molecular weight is 322 g/mol. The number of fused-ring (bicyclic) bond motifs is 1. The first kappa shape index (κ1) is 15.9. The van der Waals surface area contributed by atoms with Gasteiger partial charge in [-0.1, -0.05) is 0 Å². The lowest BCUT2D eigenvalue weighted by Gasteiger charge is -2.36. The van der Waals surface area contributed by atoms with Crippen LogP contribution in [-0.2, 0) is 6.42 Å². The van der Waals surface area contributed by atoms with E-state index in [-0.39, 0.29) is 16.2 Å². The van der Waals surface area contributed by atoms with Gasteiger partial charge < -0.3 is 14.7 Å². The summed E-state index contributed by atoms with van der Waals surface area (Å²) in [6.07, 6.45) is 0.107. The van der Waals surface area contributed by atoms with Gasteiger partial charge in [-0.2, -0.15) is 4.98 Å². The smallest absolute Gasteiger partial charge is 0.312 e. The van der Waals surface area contributed by atoms with Gasteiger partial charge in [-0.05, 0) is 20.8 Å². The fourth-order valence-electron chi connectivity index (χ4n) is 3.16. The Morgan fingerprint density at radius 2 is 2.04 bits per heavy atom. The van der Waals surface area contributed by atoms with Crippen molar-refractivity contribution < 1.29 is 14.8 Å². The van der Waals surface area contributed by atoms with Gasteiger partial charge in [0.15, 0.2) is 0 Å². The quantitative estimate of drug-likeness (QED) is 0.659. The lowest BCUT2D eigenvalue weighted by molar-refractivity contribution is -0.384. The van der Waals surface area contributed by atoms with Crippen LogP contribution in [0.2, 0.25) is 0 Å². The Morgan fingerprint density at radius 1 is 1.39 bits per heavy atom. The molecule has 1 N–H and O–H groups in total. The van der Waals surface area contributed by atoms with Crippen LogP contribution in [0.1, 0.15) is 26.3 Å². The number of rotatable bonds is 3. The largest absolute Gasteiger partial charge is 0.471 e. The lowest BCUT2D eigenvalue weighted by Crippen LogP contribution is -2.50. The molecule has 0 spiro atoms. The van der Waals surface area contributed by atoms with E-state index < -0.39 is 6.23 Å². The highest BCUT2D eigenvalue weighted by atomic mass is 16.6. The summed E-state index contributed by atoms with van der Waals surface area (Å²) in [7, 11) is 0. The van der Waals surface area contributed by atoms with Crippen LogP contribution in [-0.4, -0.2) is 57.9 Å². The van der Waals surface area contributed by atoms with E-state index in [1.54, 1.807) is 13.0 Å². The molecule has 0 saturated carbocycles. The molecule has 0 aliphatic carbocycles. The van der Waals surface area contributed by atoms with Gasteiger partial charge in [0, 0.05) is 44.2 Å². The van der Waals surface area contributed by atoms with Gasteiger partial charge in [0.25, 0.3) is 0 Å². The van der Waals surface area contributed by atoms with Crippen LogP contribution in [0.15, 0.2) is 6.07 Å². The number of nitrogens with zero attached hydrogens (tertiary/aromatic N) is 4. The number of piperazine rings is 1. The molecular formula is C15H22N4O4. The van der Waals surface area contributed by atoms with E-state index in [2.05, 4.69) is 4.98 Å². The molecule has 1 fully saturated rings. The lowest BCUT2D eigenvalue weighted by atomic mass is 10.0. The zero-order valence-corrected chi connectivity index (χ0v) is 13.7. The van der Waals surface area contributed by atoms with E-state index in [9.17, 15) is 15.2 Å². The summed E-state index contributed by atoms with van der Waals surface area (Å²) in [5.41, 5.74) is 0.427. The van der Waals surface area contributed by atoms with E-state index in [1.807, 2.05) is 23.6 Å². The Morgan fingerprint density at radius 3 is 2.61 bits per heavy atom. The highest BCUT2D eigenvalue weighted by Gasteiger charge is 2.36. The molecule has 1 atom stereocenters. The Labute approximate surface area is 134 Å². The third-order valence-corrected chi connectivity index (χ3v) is 4.35. The van der Waals surface area contributed by atoms with Crippen LogP contribution in [0.3, 0.4) is 0 Å². The second kappa shape index (κ2) is 5.61. The minimum Gasteiger partial charge on any atom is -0.471 e. The monoisotopic (exact) mass is 322 g/mol. The summed E-state index contributed by atoms with van der Waals surface area (Å²) in [6.45, 7) is 8.06. The van der Waals surface area contributed by atoms with Gasteiger partial charge in [-0.25, -0.2) is 0 Å². The van der Waals surface area contributed by atoms with Gasteiger partial charge in [-0.3, -0.25) is 15.0 Å². The minimum absolute atomic E-state index is 0.0237. The maximum atomic E-state index is 11.4. The molecule has 3 rings (SSSR count). The van der Waals surface area contributed by atoms with Gasteiger partial charge in [0.05, 0.1) is 4.92 Å². The molecule has 3 heterocycles. The Bertz CT molecular complexity index is 624. The Balaban J connectivity index is 1.89. The van der Waals surface area contributed by atoms with E-state index in [4.69, 9.17) is 4.74 Å². The molecule has 2 aliphatic rings. The average Bonchev–Trinajstić information content (AvgIpc) is 2.78. The molecular weight excluding hydrogens is 300 g/mol. The second-order valence-corrected chi connectivity index (χ2v) is 6.75. The van der Waals surface area contributed by atoms with E-state index in [0.29, 0.717) is 44.3 Å². The summed E-state index contributed by atoms with van der Waals surface area (Å²) in [5, 5.41) is 21.1. The summed E-state index contributed by atoms with van der Waals surface area (Å²) in [4.78, 5) is 19.3. The zero-order chi connectivity index (χ0) is 16.8. The third-order valence-electron chi connectivity index (χ3n) is 4.35. The predicted molar refractivity (Wildman–Crippen MR) is 84.8 cm³/mol. The number of hydrogen-bond donors (Lipinski definition) is 1.